The largest absolute Gasteiger partial charge is 0.354 e. The predicted molar refractivity (Wildman–Crippen MR) is 83.1 cm³/mol. The molecule has 0 bridgehead atoms. The summed E-state index contributed by atoms with van der Waals surface area (Å²) < 4.78 is 0. The normalized spacial score (nSPS) is 20.2. The van der Waals surface area contributed by atoms with Crippen molar-refractivity contribution in [1.82, 2.24) is 20.5 Å². The Bertz CT molecular complexity index is 543. The Morgan fingerprint density at radius 1 is 1.29 bits per heavy atom. The van der Waals surface area contributed by atoms with Crippen molar-refractivity contribution in [3.8, 4) is 0 Å². The maximum absolute atomic E-state index is 4.21. The fraction of sp³-hybridized carbons (Fsp3) is 0.438. The van der Waals surface area contributed by atoms with E-state index in [0.717, 1.165) is 18.9 Å². The van der Waals surface area contributed by atoms with Crippen molar-refractivity contribution < 1.29 is 0 Å². The molecular weight excluding hydrogens is 262 g/mol. The van der Waals surface area contributed by atoms with E-state index in [4.69, 9.17) is 0 Å². The van der Waals surface area contributed by atoms with E-state index in [9.17, 15) is 0 Å². The lowest BCUT2D eigenvalue weighted by atomic mass is 10.0. The van der Waals surface area contributed by atoms with E-state index < -0.39 is 0 Å². The minimum absolute atomic E-state index is 0.311. The second kappa shape index (κ2) is 6.63. The average Bonchev–Trinajstić information content (AvgIpc) is 2.57. The molecule has 0 amide bonds. The van der Waals surface area contributed by atoms with Crippen molar-refractivity contribution in [3.63, 3.8) is 0 Å². The van der Waals surface area contributed by atoms with Gasteiger partial charge < -0.3 is 10.2 Å². The molecule has 1 fully saturated rings. The lowest BCUT2D eigenvalue weighted by Crippen LogP contribution is -2.46. The van der Waals surface area contributed by atoms with Crippen LogP contribution in [0, 0.1) is 0 Å². The molecule has 21 heavy (non-hydrogen) atoms. The Balaban J connectivity index is 1.61. The summed E-state index contributed by atoms with van der Waals surface area (Å²) in [5.41, 5.74) is 1.23. The molecule has 1 saturated heterocycles. The van der Waals surface area contributed by atoms with Gasteiger partial charge in [0.05, 0.1) is 0 Å². The van der Waals surface area contributed by atoms with E-state index in [1.54, 1.807) is 6.20 Å². The van der Waals surface area contributed by atoms with Crippen molar-refractivity contribution in [2.24, 2.45) is 0 Å². The van der Waals surface area contributed by atoms with Gasteiger partial charge in [0.2, 0.25) is 0 Å². The Morgan fingerprint density at radius 3 is 2.95 bits per heavy atom. The number of hydrogen-bond acceptors (Lipinski definition) is 5. The molecule has 0 aromatic carbocycles. The first-order valence-electron chi connectivity index (χ1n) is 7.51. The fourth-order valence-electron chi connectivity index (χ4n) is 2.87. The summed E-state index contributed by atoms with van der Waals surface area (Å²) in [6.45, 7) is 4.22. The van der Waals surface area contributed by atoms with Crippen LogP contribution in [0.1, 0.15) is 31.4 Å². The average molecular weight is 283 g/mol. The Morgan fingerprint density at radius 2 is 2.19 bits per heavy atom. The zero-order chi connectivity index (χ0) is 14.5. The van der Waals surface area contributed by atoms with Gasteiger partial charge >= 0.3 is 0 Å². The molecule has 2 aromatic heterocycles. The van der Waals surface area contributed by atoms with Crippen LogP contribution in [0.4, 0.5) is 5.82 Å². The third-order valence-corrected chi connectivity index (χ3v) is 3.97. The Kier molecular flexibility index (Phi) is 4.40. The highest BCUT2D eigenvalue weighted by Gasteiger charge is 2.22. The first-order chi connectivity index (χ1) is 10.3. The number of aromatic nitrogens is 3. The molecule has 1 N–H and O–H groups in total. The Labute approximate surface area is 125 Å². The Hall–Kier alpha value is -2.01. The third-order valence-electron chi connectivity index (χ3n) is 3.97. The van der Waals surface area contributed by atoms with Crippen molar-refractivity contribution in [2.75, 3.05) is 18.0 Å². The van der Waals surface area contributed by atoms with Crippen LogP contribution in [-0.2, 0) is 0 Å². The minimum Gasteiger partial charge on any atom is -0.354 e. The fourth-order valence-corrected chi connectivity index (χ4v) is 2.87. The van der Waals surface area contributed by atoms with E-state index in [1.165, 1.54) is 18.4 Å². The van der Waals surface area contributed by atoms with Gasteiger partial charge in [-0.25, -0.2) is 0 Å². The first kappa shape index (κ1) is 13.9. The van der Waals surface area contributed by atoms with Crippen LogP contribution in [0.25, 0.3) is 0 Å². The van der Waals surface area contributed by atoms with Crippen LogP contribution in [0.3, 0.4) is 0 Å². The van der Waals surface area contributed by atoms with Gasteiger partial charge in [-0.15, -0.1) is 5.10 Å². The third kappa shape index (κ3) is 3.55. The molecular formula is C16H21N5. The molecule has 1 aliphatic heterocycles. The second-order valence-electron chi connectivity index (χ2n) is 5.54. The van der Waals surface area contributed by atoms with Crippen LogP contribution < -0.4 is 10.2 Å². The molecule has 5 heteroatoms. The summed E-state index contributed by atoms with van der Waals surface area (Å²) in [5.74, 6) is 0.970. The van der Waals surface area contributed by atoms with Gasteiger partial charge in [-0.1, -0.05) is 6.07 Å². The van der Waals surface area contributed by atoms with Gasteiger partial charge in [-0.05, 0) is 43.5 Å². The molecule has 3 heterocycles. The summed E-state index contributed by atoms with van der Waals surface area (Å²) >= 11 is 0. The number of nitrogens with zero attached hydrogens (tertiary/aromatic N) is 4. The molecule has 0 radical (unpaired) electrons. The number of anilines is 1. The van der Waals surface area contributed by atoms with E-state index >= 15 is 0 Å². The highest BCUT2D eigenvalue weighted by atomic mass is 15.3. The van der Waals surface area contributed by atoms with Gasteiger partial charge in [0.25, 0.3) is 0 Å². The van der Waals surface area contributed by atoms with Crippen LogP contribution in [0.5, 0.6) is 0 Å². The van der Waals surface area contributed by atoms with Gasteiger partial charge in [0.15, 0.2) is 5.82 Å². The topological polar surface area (TPSA) is 53.9 Å². The second-order valence-corrected chi connectivity index (χ2v) is 5.54. The number of piperidine rings is 1. The van der Waals surface area contributed by atoms with Crippen LogP contribution in [0.15, 0.2) is 42.9 Å². The van der Waals surface area contributed by atoms with E-state index in [-0.39, 0.29) is 0 Å². The van der Waals surface area contributed by atoms with Crippen molar-refractivity contribution >= 4 is 5.82 Å². The minimum atomic E-state index is 0.311. The quantitative estimate of drug-likeness (QED) is 0.932. The van der Waals surface area contributed by atoms with Gasteiger partial charge in [-0.3, -0.25) is 4.98 Å². The highest BCUT2D eigenvalue weighted by Crippen LogP contribution is 2.19. The van der Waals surface area contributed by atoms with Crippen molar-refractivity contribution in [1.29, 1.82) is 0 Å². The molecule has 2 atom stereocenters. The van der Waals surface area contributed by atoms with E-state index in [1.807, 2.05) is 30.6 Å². The standard InChI is InChI=1S/C16H21N5/c1-13(14-5-2-8-17-11-14)19-15-6-4-10-21(12-15)16-7-3-9-18-20-16/h2-3,5,7-9,11,13,15,19H,4,6,10,12H2,1H3/t13-,15+/m1/s1. The van der Waals surface area contributed by atoms with Gasteiger partial charge in [0.1, 0.15) is 0 Å². The van der Waals surface area contributed by atoms with Gasteiger partial charge in [-0.2, -0.15) is 5.10 Å². The molecule has 2 aromatic rings. The lowest BCUT2D eigenvalue weighted by Gasteiger charge is -2.35. The maximum atomic E-state index is 4.21. The predicted octanol–water partition coefficient (Wildman–Crippen LogP) is 2.19. The maximum Gasteiger partial charge on any atom is 0.151 e. The van der Waals surface area contributed by atoms with E-state index in [0.29, 0.717) is 12.1 Å². The molecule has 0 aliphatic carbocycles. The molecule has 110 valence electrons. The summed E-state index contributed by atoms with van der Waals surface area (Å²) in [6, 6.07) is 8.85. The lowest BCUT2D eigenvalue weighted by molar-refractivity contribution is 0.386. The zero-order valence-electron chi connectivity index (χ0n) is 12.3. The number of hydrogen-bond donors (Lipinski definition) is 1. The van der Waals surface area contributed by atoms with Crippen molar-refractivity contribution in [2.45, 2.75) is 31.8 Å². The monoisotopic (exact) mass is 283 g/mol. The molecule has 3 rings (SSSR count). The summed E-state index contributed by atoms with van der Waals surface area (Å²) in [6.07, 6.45) is 7.83. The number of nitrogens with one attached hydrogen (secondary N) is 1. The smallest absolute Gasteiger partial charge is 0.151 e. The van der Waals surface area contributed by atoms with E-state index in [2.05, 4.69) is 38.4 Å². The molecule has 5 nitrogen and oxygen atoms in total. The summed E-state index contributed by atoms with van der Waals surface area (Å²) in [7, 11) is 0. The number of rotatable bonds is 4. The van der Waals surface area contributed by atoms with Gasteiger partial charge in [0, 0.05) is 43.8 Å². The summed E-state index contributed by atoms with van der Waals surface area (Å²) in [5, 5.41) is 11.9. The molecule has 0 saturated carbocycles. The first-order valence-corrected chi connectivity index (χ1v) is 7.51. The van der Waals surface area contributed by atoms with Crippen molar-refractivity contribution in [3.05, 3.63) is 48.4 Å². The van der Waals surface area contributed by atoms with Crippen LogP contribution >= 0.6 is 0 Å². The molecule has 0 unspecified atom stereocenters. The van der Waals surface area contributed by atoms with Crippen LogP contribution in [0.2, 0.25) is 0 Å². The zero-order valence-corrected chi connectivity index (χ0v) is 12.3. The summed E-state index contributed by atoms with van der Waals surface area (Å²) in [4.78, 5) is 6.50. The number of pyridine rings is 1. The van der Waals surface area contributed by atoms with Crippen LogP contribution in [-0.4, -0.2) is 34.3 Å². The molecule has 1 aliphatic rings. The molecule has 0 spiro atoms. The SMILES string of the molecule is C[C@@H](N[C@H]1CCCN(c2cccnn2)C1)c1cccnc1. The highest BCUT2D eigenvalue weighted by molar-refractivity contribution is 5.37.